The summed E-state index contributed by atoms with van der Waals surface area (Å²) in [6, 6.07) is 8.50. The molecule has 0 atom stereocenters. The van der Waals surface area contributed by atoms with Crippen molar-refractivity contribution in [2.24, 2.45) is 0 Å². The van der Waals surface area contributed by atoms with Crippen LogP contribution < -0.4 is 0 Å². The molecule has 2 nitrogen and oxygen atoms in total. The van der Waals surface area contributed by atoms with Gasteiger partial charge in [0.05, 0.1) is 12.1 Å². The van der Waals surface area contributed by atoms with Crippen molar-refractivity contribution in [1.82, 2.24) is 4.57 Å². The molecule has 0 N–H and O–H groups in total. The SMILES string of the molecule is CCOCc1cc2cccc(Br)c2n1CC. The quantitative estimate of drug-likeness (QED) is 0.828. The number of ether oxygens (including phenoxy) is 1. The minimum Gasteiger partial charge on any atom is -0.376 e. The van der Waals surface area contributed by atoms with Crippen molar-refractivity contribution in [3.63, 3.8) is 0 Å². The number of nitrogens with zero attached hydrogens (tertiary/aromatic N) is 1. The standard InChI is InChI=1S/C13H16BrNO/c1-3-15-11(9-16-4-2)8-10-6-5-7-12(14)13(10)15/h5-8H,3-4,9H2,1-2H3. The van der Waals surface area contributed by atoms with Crippen LogP contribution in [-0.2, 0) is 17.9 Å². The molecule has 1 aromatic heterocycles. The van der Waals surface area contributed by atoms with Gasteiger partial charge < -0.3 is 9.30 Å². The molecule has 0 amide bonds. The summed E-state index contributed by atoms with van der Waals surface area (Å²) in [5.41, 5.74) is 2.51. The summed E-state index contributed by atoms with van der Waals surface area (Å²) in [6.07, 6.45) is 0. The molecule has 0 bridgehead atoms. The van der Waals surface area contributed by atoms with Crippen LogP contribution >= 0.6 is 15.9 Å². The van der Waals surface area contributed by atoms with E-state index in [9.17, 15) is 0 Å². The third-order valence-corrected chi connectivity index (χ3v) is 3.37. The van der Waals surface area contributed by atoms with E-state index < -0.39 is 0 Å². The van der Waals surface area contributed by atoms with E-state index >= 15 is 0 Å². The zero-order valence-corrected chi connectivity index (χ0v) is 11.3. The number of halogens is 1. The molecule has 0 fully saturated rings. The molecule has 2 aromatic rings. The van der Waals surface area contributed by atoms with Gasteiger partial charge in [0.25, 0.3) is 0 Å². The Bertz CT molecular complexity index is 490. The Hall–Kier alpha value is -0.800. The second kappa shape index (κ2) is 5.02. The second-order valence-corrected chi connectivity index (χ2v) is 4.55. The fourth-order valence-corrected chi connectivity index (χ4v) is 2.62. The van der Waals surface area contributed by atoms with Gasteiger partial charge in [-0.05, 0) is 41.9 Å². The minimum atomic E-state index is 0.686. The van der Waals surface area contributed by atoms with Gasteiger partial charge in [0.1, 0.15) is 0 Å². The van der Waals surface area contributed by atoms with E-state index in [1.165, 1.54) is 16.6 Å². The molecule has 0 aliphatic rings. The van der Waals surface area contributed by atoms with Crippen molar-refractivity contribution in [3.05, 3.63) is 34.4 Å². The first kappa shape index (κ1) is 11.7. The van der Waals surface area contributed by atoms with Crippen LogP contribution in [0, 0.1) is 0 Å². The van der Waals surface area contributed by atoms with Crippen LogP contribution in [0.15, 0.2) is 28.7 Å². The molecule has 0 aliphatic heterocycles. The van der Waals surface area contributed by atoms with E-state index in [2.05, 4.69) is 51.7 Å². The van der Waals surface area contributed by atoms with Gasteiger partial charge in [-0.1, -0.05) is 12.1 Å². The smallest absolute Gasteiger partial charge is 0.0867 e. The highest BCUT2D eigenvalue weighted by Gasteiger charge is 2.09. The zero-order chi connectivity index (χ0) is 11.5. The van der Waals surface area contributed by atoms with Crippen LogP contribution in [0.4, 0.5) is 0 Å². The van der Waals surface area contributed by atoms with E-state index in [1.54, 1.807) is 0 Å². The number of aromatic nitrogens is 1. The van der Waals surface area contributed by atoms with E-state index in [4.69, 9.17) is 4.74 Å². The van der Waals surface area contributed by atoms with Gasteiger partial charge in [-0.25, -0.2) is 0 Å². The lowest BCUT2D eigenvalue weighted by atomic mass is 10.2. The lowest BCUT2D eigenvalue weighted by molar-refractivity contribution is 0.129. The fourth-order valence-electron chi connectivity index (χ4n) is 2.02. The highest BCUT2D eigenvalue weighted by atomic mass is 79.9. The molecule has 1 heterocycles. The fraction of sp³-hybridized carbons (Fsp3) is 0.385. The molecule has 0 saturated heterocycles. The van der Waals surface area contributed by atoms with E-state index in [1.807, 2.05) is 6.92 Å². The molecule has 0 saturated carbocycles. The number of aryl methyl sites for hydroxylation is 1. The molecular weight excluding hydrogens is 266 g/mol. The summed E-state index contributed by atoms with van der Waals surface area (Å²) in [7, 11) is 0. The summed E-state index contributed by atoms with van der Waals surface area (Å²) in [4.78, 5) is 0. The van der Waals surface area contributed by atoms with Gasteiger partial charge in [-0.2, -0.15) is 0 Å². The van der Waals surface area contributed by atoms with Gasteiger partial charge in [0, 0.05) is 28.7 Å². The number of para-hydroxylation sites is 1. The molecule has 0 spiro atoms. The van der Waals surface area contributed by atoms with Crippen LogP contribution in [0.2, 0.25) is 0 Å². The Morgan fingerprint density at radius 2 is 2.12 bits per heavy atom. The zero-order valence-electron chi connectivity index (χ0n) is 9.66. The Morgan fingerprint density at radius 1 is 1.31 bits per heavy atom. The molecule has 3 heteroatoms. The van der Waals surface area contributed by atoms with Gasteiger partial charge >= 0.3 is 0 Å². The summed E-state index contributed by atoms with van der Waals surface area (Å²) >= 11 is 3.61. The lowest BCUT2D eigenvalue weighted by Gasteiger charge is -2.08. The monoisotopic (exact) mass is 281 g/mol. The molecule has 0 aliphatic carbocycles. The number of fused-ring (bicyclic) bond motifs is 1. The maximum atomic E-state index is 5.50. The molecule has 86 valence electrons. The van der Waals surface area contributed by atoms with Gasteiger partial charge in [0.2, 0.25) is 0 Å². The predicted molar refractivity (Wildman–Crippen MR) is 70.6 cm³/mol. The van der Waals surface area contributed by atoms with E-state index in [0.717, 1.165) is 17.6 Å². The van der Waals surface area contributed by atoms with Gasteiger partial charge in [-0.3, -0.25) is 0 Å². The topological polar surface area (TPSA) is 14.2 Å². The number of hydrogen-bond donors (Lipinski definition) is 0. The number of benzene rings is 1. The Balaban J connectivity index is 2.53. The van der Waals surface area contributed by atoms with Crippen molar-refractivity contribution in [1.29, 1.82) is 0 Å². The van der Waals surface area contributed by atoms with Crippen LogP contribution in [0.25, 0.3) is 10.9 Å². The highest BCUT2D eigenvalue weighted by Crippen LogP contribution is 2.27. The largest absolute Gasteiger partial charge is 0.376 e. The Kier molecular flexibility index (Phi) is 3.66. The van der Waals surface area contributed by atoms with Crippen LogP contribution in [0.1, 0.15) is 19.5 Å². The van der Waals surface area contributed by atoms with E-state index in [0.29, 0.717) is 6.61 Å². The minimum absolute atomic E-state index is 0.686. The first-order valence-electron chi connectivity index (χ1n) is 5.62. The number of hydrogen-bond acceptors (Lipinski definition) is 1. The van der Waals surface area contributed by atoms with Crippen LogP contribution in [0.5, 0.6) is 0 Å². The first-order chi connectivity index (χ1) is 7.77. The molecule has 1 aromatic carbocycles. The normalized spacial score (nSPS) is 11.2. The lowest BCUT2D eigenvalue weighted by Crippen LogP contribution is -2.02. The Morgan fingerprint density at radius 3 is 2.81 bits per heavy atom. The number of rotatable bonds is 4. The van der Waals surface area contributed by atoms with Crippen molar-refractivity contribution in [3.8, 4) is 0 Å². The molecule has 0 radical (unpaired) electrons. The van der Waals surface area contributed by atoms with E-state index in [-0.39, 0.29) is 0 Å². The maximum Gasteiger partial charge on any atom is 0.0867 e. The van der Waals surface area contributed by atoms with Crippen LogP contribution in [0.3, 0.4) is 0 Å². The van der Waals surface area contributed by atoms with Crippen molar-refractivity contribution in [2.45, 2.75) is 27.0 Å². The average Bonchev–Trinajstić information content (AvgIpc) is 2.65. The molecule has 16 heavy (non-hydrogen) atoms. The highest BCUT2D eigenvalue weighted by molar-refractivity contribution is 9.10. The summed E-state index contributed by atoms with van der Waals surface area (Å²) in [6.45, 7) is 6.59. The van der Waals surface area contributed by atoms with Gasteiger partial charge in [0.15, 0.2) is 0 Å². The third-order valence-electron chi connectivity index (χ3n) is 2.73. The van der Waals surface area contributed by atoms with Crippen molar-refractivity contribution in [2.75, 3.05) is 6.61 Å². The summed E-state index contributed by atoms with van der Waals surface area (Å²) in [5.74, 6) is 0. The molecule has 2 rings (SSSR count). The van der Waals surface area contributed by atoms with Crippen molar-refractivity contribution >= 4 is 26.8 Å². The summed E-state index contributed by atoms with van der Waals surface area (Å²) < 4.78 is 8.94. The predicted octanol–water partition coefficient (Wildman–Crippen LogP) is 3.96. The van der Waals surface area contributed by atoms with Crippen LogP contribution in [-0.4, -0.2) is 11.2 Å². The summed E-state index contributed by atoms with van der Waals surface area (Å²) in [5, 5.41) is 1.27. The maximum absolute atomic E-state index is 5.50. The second-order valence-electron chi connectivity index (χ2n) is 3.69. The van der Waals surface area contributed by atoms with Crippen molar-refractivity contribution < 1.29 is 4.74 Å². The molecule has 0 unspecified atom stereocenters. The van der Waals surface area contributed by atoms with Gasteiger partial charge in [-0.15, -0.1) is 0 Å². The first-order valence-corrected chi connectivity index (χ1v) is 6.41. The average molecular weight is 282 g/mol. The third kappa shape index (κ3) is 2.02. The molecular formula is C13H16BrNO. The Labute approximate surface area is 104 Å².